The molecular weight excluding hydrogens is 228 g/mol. The second kappa shape index (κ2) is 2.30. The molecule has 0 unspecified atom stereocenters. The predicted molar refractivity (Wildman–Crippen MR) is 54.1 cm³/mol. The summed E-state index contributed by atoms with van der Waals surface area (Å²) in [5, 5.41) is 0. The van der Waals surface area contributed by atoms with E-state index in [0.717, 1.165) is 11.1 Å². The first-order valence-corrected chi connectivity index (χ1v) is 6.21. The van der Waals surface area contributed by atoms with Gasteiger partial charge in [-0.2, -0.15) is 0 Å². The molecule has 0 aliphatic carbocycles. The third-order valence-corrected chi connectivity index (χ3v) is 4.14. The summed E-state index contributed by atoms with van der Waals surface area (Å²) in [5.74, 6) is 1.12. The number of hydrogen-bond donors (Lipinski definition) is 0. The molecule has 4 rings (SSSR count). The molecule has 5 nitrogen and oxygen atoms in total. The second-order valence-corrected chi connectivity index (χ2v) is 5.29. The minimum atomic E-state index is -3.71. The number of hydrogen-bond acceptors (Lipinski definition) is 3. The van der Waals surface area contributed by atoms with E-state index in [9.17, 15) is 8.42 Å². The van der Waals surface area contributed by atoms with Gasteiger partial charge in [0, 0.05) is 5.56 Å². The van der Waals surface area contributed by atoms with Crippen LogP contribution in [-0.4, -0.2) is 12.4 Å². The summed E-state index contributed by atoms with van der Waals surface area (Å²) in [4.78, 5) is 0. The molecule has 2 aromatic rings. The summed E-state index contributed by atoms with van der Waals surface area (Å²) in [6.45, 7) is 0.699. The van der Waals surface area contributed by atoms with Crippen LogP contribution in [0.15, 0.2) is 30.6 Å². The van der Waals surface area contributed by atoms with Crippen molar-refractivity contribution in [3.05, 3.63) is 36.2 Å². The van der Waals surface area contributed by atoms with Gasteiger partial charge in [0.25, 0.3) is 0 Å². The van der Waals surface area contributed by atoms with Crippen molar-refractivity contribution in [3.63, 3.8) is 0 Å². The Morgan fingerprint density at radius 3 is 3.12 bits per heavy atom. The van der Waals surface area contributed by atoms with Gasteiger partial charge in [-0.3, -0.25) is 0 Å². The monoisotopic (exact) mass is 235 g/mol. The average Bonchev–Trinajstić information content (AvgIpc) is 2.73. The van der Waals surface area contributed by atoms with Crippen LogP contribution >= 0.6 is 0 Å². The van der Waals surface area contributed by atoms with E-state index in [4.69, 9.17) is 4.18 Å². The van der Waals surface area contributed by atoms with Gasteiger partial charge in [0.15, 0.2) is 11.9 Å². The van der Waals surface area contributed by atoms with E-state index in [0.29, 0.717) is 18.1 Å². The van der Waals surface area contributed by atoms with Gasteiger partial charge in [-0.05, 0) is 6.07 Å². The van der Waals surface area contributed by atoms with E-state index in [1.165, 1.54) is 10.2 Å². The van der Waals surface area contributed by atoms with E-state index in [2.05, 4.69) is 0 Å². The molecule has 0 bridgehead atoms. The van der Waals surface area contributed by atoms with Crippen LogP contribution in [-0.2, 0) is 16.8 Å². The number of rotatable bonds is 0. The highest BCUT2D eigenvalue weighted by atomic mass is 32.2. The van der Waals surface area contributed by atoms with E-state index in [1.54, 1.807) is 12.3 Å². The van der Waals surface area contributed by atoms with Crippen molar-refractivity contribution in [3.8, 4) is 17.1 Å². The number of imidazole rings is 1. The normalized spacial score (nSPS) is 18.0. The lowest BCUT2D eigenvalue weighted by Crippen LogP contribution is -2.32. The lowest BCUT2D eigenvalue weighted by atomic mass is 10.1. The maximum Gasteiger partial charge on any atom is 0.492 e. The third-order valence-electron chi connectivity index (χ3n) is 2.98. The molecule has 6 heteroatoms. The van der Waals surface area contributed by atoms with Gasteiger partial charge < -0.3 is 4.18 Å². The van der Waals surface area contributed by atoms with E-state index >= 15 is 0 Å². The second-order valence-electron chi connectivity index (χ2n) is 3.88. The Bertz CT molecular complexity index is 731. The Morgan fingerprint density at radius 1 is 1.38 bits per heavy atom. The molecule has 1 aromatic heterocycles. The Kier molecular flexibility index (Phi) is 1.20. The van der Waals surface area contributed by atoms with E-state index < -0.39 is 10.3 Å². The molecule has 16 heavy (non-hydrogen) atoms. The molecule has 1 aromatic carbocycles. The highest BCUT2D eigenvalue weighted by molar-refractivity contribution is 7.85. The molecule has 0 N–H and O–H groups in total. The molecule has 0 spiro atoms. The van der Waals surface area contributed by atoms with Gasteiger partial charge in [0.05, 0.1) is 0 Å². The Morgan fingerprint density at radius 2 is 2.25 bits per heavy atom. The van der Waals surface area contributed by atoms with Crippen molar-refractivity contribution in [2.45, 2.75) is 6.54 Å². The fraction of sp³-hybridized carbons (Fsp3) is 0.100. The Labute approximate surface area is 91.8 Å². The van der Waals surface area contributed by atoms with Crippen LogP contribution in [0.25, 0.3) is 11.4 Å². The van der Waals surface area contributed by atoms with Crippen LogP contribution in [0, 0.1) is 0 Å². The summed E-state index contributed by atoms with van der Waals surface area (Å²) in [7, 11) is -3.71. The molecule has 0 fully saturated rings. The van der Waals surface area contributed by atoms with Crippen molar-refractivity contribution in [2.75, 3.05) is 0 Å². The van der Waals surface area contributed by atoms with Crippen LogP contribution < -0.4 is 8.75 Å². The van der Waals surface area contributed by atoms with Gasteiger partial charge >= 0.3 is 16.1 Å². The van der Waals surface area contributed by atoms with Crippen LogP contribution in [0.1, 0.15) is 5.56 Å². The van der Waals surface area contributed by atoms with E-state index in [1.807, 2.05) is 16.7 Å². The summed E-state index contributed by atoms with van der Waals surface area (Å²) in [6, 6.07) is 5.48. The molecule has 80 valence electrons. The number of nitrogens with zero attached hydrogens (tertiary/aromatic N) is 2. The molecule has 0 radical (unpaired) electrons. The number of aromatic nitrogens is 2. The largest absolute Gasteiger partial charge is 0.492 e. The molecule has 0 amide bonds. The first kappa shape index (κ1) is 8.35. The zero-order chi connectivity index (χ0) is 10.9. The van der Waals surface area contributed by atoms with Crippen LogP contribution in [0.2, 0.25) is 0 Å². The first-order valence-electron chi connectivity index (χ1n) is 4.85. The molecule has 0 atom stereocenters. The molecule has 3 heterocycles. The lowest BCUT2D eigenvalue weighted by molar-refractivity contribution is -0.670. The molecule has 2 aliphatic rings. The lowest BCUT2D eigenvalue weighted by Gasteiger charge is -2.12. The third kappa shape index (κ3) is 0.780. The highest BCUT2D eigenvalue weighted by Crippen LogP contribution is 2.40. The first-order chi connectivity index (χ1) is 7.67. The van der Waals surface area contributed by atoms with Crippen molar-refractivity contribution in [1.29, 1.82) is 0 Å². The zero-order valence-corrected chi connectivity index (χ0v) is 8.94. The standard InChI is InChI=1S/C10H7N2O3S/c13-16(14)12-5-4-11-6-7-2-1-3-8(15-16)9(7)10(11)12/h1-5H,6H2/q+1. The Hall–Kier alpha value is -1.82. The summed E-state index contributed by atoms with van der Waals surface area (Å²) in [5.41, 5.74) is 1.99. The summed E-state index contributed by atoms with van der Waals surface area (Å²) < 4.78 is 31.7. The maximum atomic E-state index is 11.8. The molecular formula is C10H7N2O3S+. The smallest absolute Gasteiger partial charge is 0.350 e. The fourth-order valence-corrected chi connectivity index (χ4v) is 3.40. The minimum Gasteiger partial charge on any atom is -0.350 e. The van der Waals surface area contributed by atoms with Crippen molar-refractivity contribution < 1.29 is 17.2 Å². The zero-order valence-electron chi connectivity index (χ0n) is 8.12. The fourth-order valence-electron chi connectivity index (χ4n) is 2.34. The highest BCUT2D eigenvalue weighted by Gasteiger charge is 2.43. The van der Waals surface area contributed by atoms with Gasteiger partial charge in [-0.15, -0.1) is 8.42 Å². The van der Waals surface area contributed by atoms with E-state index in [-0.39, 0.29) is 0 Å². The summed E-state index contributed by atoms with van der Waals surface area (Å²) in [6.07, 6.45) is 3.27. The van der Waals surface area contributed by atoms with Gasteiger partial charge in [0.2, 0.25) is 0 Å². The minimum absolute atomic E-state index is 0.426. The average molecular weight is 235 g/mol. The van der Waals surface area contributed by atoms with Crippen molar-refractivity contribution in [1.82, 2.24) is 3.97 Å². The van der Waals surface area contributed by atoms with Crippen LogP contribution in [0.5, 0.6) is 5.75 Å². The number of benzene rings is 1. The Balaban J connectivity index is 2.25. The van der Waals surface area contributed by atoms with Crippen LogP contribution in [0.4, 0.5) is 0 Å². The van der Waals surface area contributed by atoms with Gasteiger partial charge in [-0.1, -0.05) is 16.1 Å². The van der Waals surface area contributed by atoms with Crippen molar-refractivity contribution in [2.24, 2.45) is 0 Å². The quantitative estimate of drug-likeness (QED) is 0.526. The van der Waals surface area contributed by atoms with Gasteiger partial charge in [-0.25, -0.2) is 4.57 Å². The molecule has 2 aliphatic heterocycles. The topological polar surface area (TPSA) is 52.2 Å². The van der Waals surface area contributed by atoms with Crippen molar-refractivity contribution >= 4 is 10.3 Å². The van der Waals surface area contributed by atoms with Crippen LogP contribution in [0.3, 0.4) is 0 Å². The predicted octanol–water partition coefficient (Wildman–Crippen LogP) is 0.290. The summed E-state index contributed by atoms with van der Waals surface area (Å²) >= 11 is 0. The SMILES string of the molecule is O=S1(=O)Oc2cccc3c2-c2n1cc[n+]2C3. The molecule has 0 saturated carbocycles. The maximum absolute atomic E-state index is 11.8. The van der Waals surface area contributed by atoms with Gasteiger partial charge in [0.1, 0.15) is 18.3 Å². The molecule has 0 saturated heterocycles.